The number of rotatable bonds is 4. The van der Waals surface area contributed by atoms with E-state index < -0.39 is 24.3 Å². The Morgan fingerprint density at radius 2 is 1.92 bits per heavy atom. The maximum atomic E-state index is 11.9. The van der Waals surface area contributed by atoms with Crippen LogP contribution in [-0.2, 0) is 9.53 Å². The molecule has 0 radical (unpaired) electrons. The third-order valence-electron chi connectivity index (χ3n) is 4.33. The number of hydrogen-bond donors (Lipinski definition) is 4. The first-order valence-electron chi connectivity index (χ1n) is 8.99. The molecule has 0 aliphatic carbocycles. The molecule has 1 aliphatic rings. The molecule has 0 spiro atoms. The molecule has 0 aromatic rings. The van der Waals surface area contributed by atoms with Gasteiger partial charge >= 0.3 is 5.97 Å². The van der Waals surface area contributed by atoms with Crippen LogP contribution in [0.5, 0.6) is 0 Å². The molecule has 24 heavy (non-hydrogen) atoms. The van der Waals surface area contributed by atoms with Gasteiger partial charge in [0.25, 0.3) is 0 Å². The van der Waals surface area contributed by atoms with E-state index in [4.69, 9.17) is 4.74 Å². The molecule has 4 N–H and O–H groups in total. The quantitative estimate of drug-likeness (QED) is 0.575. The fraction of sp³-hybridized carbons (Fsp3) is 0.833. The Bertz CT molecular complexity index is 382. The molecule has 6 heteroatoms. The van der Waals surface area contributed by atoms with Gasteiger partial charge in [0.05, 0.1) is 24.4 Å². The van der Waals surface area contributed by atoms with Crippen molar-refractivity contribution in [3.63, 3.8) is 0 Å². The van der Waals surface area contributed by atoms with Crippen molar-refractivity contribution in [1.29, 1.82) is 0 Å². The molecule has 0 aromatic heterocycles. The minimum absolute atomic E-state index is 0.0858. The normalized spacial score (nSPS) is 33.3. The lowest BCUT2D eigenvalue weighted by Crippen LogP contribution is -2.29. The zero-order valence-corrected chi connectivity index (χ0v) is 14.5. The van der Waals surface area contributed by atoms with Crippen LogP contribution >= 0.6 is 0 Å². The summed E-state index contributed by atoms with van der Waals surface area (Å²) in [5.41, 5.74) is 0. The van der Waals surface area contributed by atoms with Crippen LogP contribution in [0, 0.1) is 0 Å². The van der Waals surface area contributed by atoms with E-state index in [1.54, 1.807) is 6.92 Å². The molecule has 0 saturated carbocycles. The highest BCUT2D eigenvalue weighted by Gasteiger charge is 2.20. The monoisotopic (exact) mass is 344 g/mol. The molecule has 1 heterocycles. The molecule has 1 rings (SSSR count). The van der Waals surface area contributed by atoms with Gasteiger partial charge < -0.3 is 25.2 Å². The SMILES string of the molecule is CC(O)CCCC1CCCCC[C@@H](O)C[C@H](O)[C@H](O)/C=C/C(=O)O1. The first kappa shape index (κ1) is 21.1. The fourth-order valence-electron chi connectivity index (χ4n) is 2.88. The van der Waals surface area contributed by atoms with Crippen molar-refractivity contribution in [2.24, 2.45) is 0 Å². The second-order valence-corrected chi connectivity index (χ2v) is 6.78. The lowest BCUT2D eigenvalue weighted by atomic mass is 9.99. The number of esters is 1. The van der Waals surface area contributed by atoms with Gasteiger partial charge in [-0.1, -0.05) is 12.8 Å². The summed E-state index contributed by atoms with van der Waals surface area (Å²) in [6.45, 7) is 1.74. The van der Waals surface area contributed by atoms with Crippen LogP contribution in [0.25, 0.3) is 0 Å². The summed E-state index contributed by atoms with van der Waals surface area (Å²) in [5.74, 6) is -0.541. The Kier molecular flexibility index (Phi) is 10.2. The van der Waals surface area contributed by atoms with E-state index >= 15 is 0 Å². The van der Waals surface area contributed by atoms with Crippen molar-refractivity contribution in [2.75, 3.05) is 0 Å². The summed E-state index contributed by atoms with van der Waals surface area (Å²) in [6, 6.07) is 0. The van der Waals surface area contributed by atoms with E-state index in [2.05, 4.69) is 0 Å². The molecular formula is C18H32O6. The molecule has 140 valence electrons. The lowest BCUT2D eigenvalue weighted by Gasteiger charge is -2.20. The maximum Gasteiger partial charge on any atom is 0.330 e. The van der Waals surface area contributed by atoms with Crippen LogP contribution in [0.2, 0.25) is 0 Å². The van der Waals surface area contributed by atoms with Crippen molar-refractivity contribution in [2.45, 2.75) is 95.2 Å². The Labute approximate surface area is 144 Å². The standard InChI is InChI=1S/C18H32O6/c1-13(19)6-5-9-15-8-4-2-3-7-14(20)12-17(22)16(21)10-11-18(23)24-15/h10-11,13-17,19-22H,2-9,12H2,1H3/b11-10+/t13?,14-,15?,16-,17+/m1/s1. The van der Waals surface area contributed by atoms with Crippen LogP contribution in [-0.4, -0.2) is 56.9 Å². The van der Waals surface area contributed by atoms with E-state index in [9.17, 15) is 25.2 Å². The molecule has 2 unspecified atom stereocenters. The molecule has 0 aromatic carbocycles. The van der Waals surface area contributed by atoms with Gasteiger partial charge in [0.15, 0.2) is 0 Å². The largest absolute Gasteiger partial charge is 0.459 e. The molecule has 0 amide bonds. The van der Waals surface area contributed by atoms with Crippen molar-refractivity contribution in [3.05, 3.63) is 12.2 Å². The Morgan fingerprint density at radius 3 is 2.62 bits per heavy atom. The summed E-state index contributed by atoms with van der Waals surface area (Å²) in [4.78, 5) is 11.9. The minimum atomic E-state index is -1.20. The molecule has 0 bridgehead atoms. The summed E-state index contributed by atoms with van der Waals surface area (Å²) in [5, 5.41) is 38.8. The second-order valence-electron chi connectivity index (χ2n) is 6.78. The van der Waals surface area contributed by atoms with E-state index in [-0.39, 0.29) is 18.6 Å². The number of carbonyl (C=O) groups excluding carboxylic acids is 1. The first-order valence-corrected chi connectivity index (χ1v) is 8.99. The number of cyclic esters (lactones) is 1. The Balaban J connectivity index is 2.63. The first-order chi connectivity index (χ1) is 11.4. The van der Waals surface area contributed by atoms with Gasteiger partial charge in [0, 0.05) is 12.5 Å². The molecule has 5 atom stereocenters. The molecule has 1 aliphatic heterocycles. The Hall–Kier alpha value is -0.950. The molecular weight excluding hydrogens is 312 g/mol. The van der Waals surface area contributed by atoms with Crippen LogP contribution in [0.1, 0.15) is 64.7 Å². The third kappa shape index (κ3) is 9.37. The number of aliphatic hydroxyl groups excluding tert-OH is 4. The Morgan fingerprint density at radius 1 is 1.21 bits per heavy atom. The van der Waals surface area contributed by atoms with Crippen LogP contribution in [0.15, 0.2) is 12.2 Å². The second kappa shape index (κ2) is 11.6. The van der Waals surface area contributed by atoms with E-state index in [0.717, 1.165) is 38.2 Å². The predicted molar refractivity (Wildman–Crippen MR) is 90.3 cm³/mol. The summed E-state index contributed by atoms with van der Waals surface area (Å²) in [6.07, 6.45) is 5.00. The fourth-order valence-corrected chi connectivity index (χ4v) is 2.88. The zero-order chi connectivity index (χ0) is 17.9. The molecule has 0 fully saturated rings. The number of carbonyl (C=O) groups is 1. The summed E-state index contributed by atoms with van der Waals surface area (Å²) in [7, 11) is 0. The highest BCUT2D eigenvalue weighted by atomic mass is 16.5. The number of aliphatic hydroxyl groups is 4. The maximum absolute atomic E-state index is 11.9. The highest BCUT2D eigenvalue weighted by Crippen LogP contribution is 2.18. The van der Waals surface area contributed by atoms with Crippen molar-refractivity contribution >= 4 is 5.97 Å². The molecule has 0 saturated heterocycles. The average Bonchev–Trinajstić information content (AvgIpc) is 2.50. The van der Waals surface area contributed by atoms with E-state index in [1.807, 2.05) is 0 Å². The highest BCUT2D eigenvalue weighted by molar-refractivity contribution is 5.82. The van der Waals surface area contributed by atoms with Crippen molar-refractivity contribution in [3.8, 4) is 0 Å². The molecule has 6 nitrogen and oxygen atoms in total. The van der Waals surface area contributed by atoms with Crippen LogP contribution < -0.4 is 0 Å². The summed E-state index contributed by atoms with van der Waals surface area (Å²) >= 11 is 0. The third-order valence-corrected chi connectivity index (χ3v) is 4.33. The predicted octanol–water partition coefficient (Wildman–Crippen LogP) is 1.44. The van der Waals surface area contributed by atoms with Crippen molar-refractivity contribution in [1.82, 2.24) is 0 Å². The smallest absolute Gasteiger partial charge is 0.330 e. The summed E-state index contributed by atoms with van der Waals surface area (Å²) < 4.78 is 5.43. The van der Waals surface area contributed by atoms with Gasteiger partial charge in [-0.2, -0.15) is 0 Å². The van der Waals surface area contributed by atoms with Gasteiger partial charge in [0.2, 0.25) is 0 Å². The minimum Gasteiger partial charge on any atom is -0.459 e. The number of hydrogen-bond acceptors (Lipinski definition) is 6. The zero-order valence-electron chi connectivity index (χ0n) is 14.5. The van der Waals surface area contributed by atoms with E-state index in [0.29, 0.717) is 19.3 Å². The van der Waals surface area contributed by atoms with E-state index in [1.165, 1.54) is 6.08 Å². The average molecular weight is 344 g/mol. The van der Waals surface area contributed by atoms with Gasteiger partial charge in [0.1, 0.15) is 6.10 Å². The topological polar surface area (TPSA) is 107 Å². The van der Waals surface area contributed by atoms with Gasteiger partial charge in [-0.25, -0.2) is 4.79 Å². The lowest BCUT2D eigenvalue weighted by molar-refractivity contribution is -0.143. The van der Waals surface area contributed by atoms with Crippen LogP contribution in [0.3, 0.4) is 0 Å². The van der Waals surface area contributed by atoms with Gasteiger partial charge in [-0.05, 0) is 51.5 Å². The van der Waals surface area contributed by atoms with Crippen molar-refractivity contribution < 1.29 is 30.0 Å². The van der Waals surface area contributed by atoms with Gasteiger partial charge in [-0.3, -0.25) is 0 Å². The van der Waals surface area contributed by atoms with Crippen LogP contribution in [0.4, 0.5) is 0 Å². The number of ether oxygens (including phenoxy) is 1. The van der Waals surface area contributed by atoms with Gasteiger partial charge in [-0.15, -0.1) is 0 Å².